The number of hydrogen-bond donors (Lipinski definition) is 0. The Morgan fingerprint density at radius 3 is 2.88 bits per heavy atom. The molecular weight excluding hydrogens is 228 g/mol. The van der Waals surface area contributed by atoms with Gasteiger partial charge in [0.1, 0.15) is 4.88 Å². The Hall–Kier alpha value is -1.14. The Labute approximate surface area is 99.0 Å². The van der Waals surface area contributed by atoms with Gasteiger partial charge in [-0.15, -0.1) is 0 Å². The van der Waals surface area contributed by atoms with E-state index < -0.39 is 0 Å². The molecule has 0 aliphatic rings. The Morgan fingerprint density at radius 2 is 2.31 bits per heavy atom. The maximum atomic E-state index is 11.3. The van der Waals surface area contributed by atoms with Crippen LogP contribution in [-0.4, -0.2) is 44.9 Å². The van der Waals surface area contributed by atoms with E-state index in [1.807, 2.05) is 6.92 Å². The van der Waals surface area contributed by atoms with Gasteiger partial charge in [-0.1, -0.05) is 11.3 Å². The number of ether oxygens (including phenoxy) is 2. The number of carbonyl (C=O) groups excluding carboxylic acids is 1. The van der Waals surface area contributed by atoms with E-state index >= 15 is 0 Å². The summed E-state index contributed by atoms with van der Waals surface area (Å²) in [6, 6.07) is 0. The van der Waals surface area contributed by atoms with Crippen LogP contribution in [0.15, 0.2) is 6.20 Å². The van der Waals surface area contributed by atoms with Crippen molar-refractivity contribution in [3.05, 3.63) is 11.1 Å². The second-order valence-electron chi connectivity index (χ2n) is 3.07. The second-order valence-corrected chi connectivity index (χ2v) is 4.08. The molecule has 0 aliphatic heterocycles. The number of anilines is 1. The molecule has 0 unspecified atom stereocenters. The lowest BCUT2D eigenvalue weighted by atomic mass is 10.5. The van der Waals surface area contributed by atoms with Gasteiger partial charge in [-0.3, -0.25) is 0 Å². The summed E-state index contributed by atoms with van der Waals surface area (Å²) in [7, 11) is 3.03. The van der Waals surface area contributed by atoms with E-state index in [1.165, 1.54) is 18.4 Å². The summed E-state index contributed by atoms with van der Waals surface area (Å²) in [5.74, 6) is -0.341. The van der Waals surface area contributed by atoms with Gasteiger partial charge < -0.3 is 14.4 Å². The number of rotatable bonds is 6. The van der Waals surface area contributed by atoms with Crippen LogP contribution in [0, 0.1) is 0 Å². The molecule has 0 atom stereocenters. The molecule has 6 heteroatoms. The van der Waals surface area contributed by atoms with Crippen LogP contribution in [0.5, 0.6) is 0 Å². The summed E-state index contributed by atoms with van der Waals surface area (Å²) in [5.41, 5.74) is 0. The van der Waals surface area contributed by atoms with E-state index in [-0.39, 0.29) is 5.97 Å². The minimum atomic E-state index is -0.341. The maximum absolute atomic E-state index is 11.3. The summed E-state index contributed by atoms with van der Waals surface area (Å²) in [4.78, 5) is 18.0. The zero-order valence-electron chi connectivity index (χ0n) is 9.73. The number of esters is 1. The first-order valence-corrected chi connectivity index (χ1v) is 5.82. The van der Waals surface area contributed by atoms with E-state index in [0.29, 0.717) is 11.5 Å². The zero-order valence-corrected chi connectivity index (χ0v) is 10.5. The molecule has 5 nitrogen and oxygen atoms in total. The molecule has 0 saturated carbocycles. The summed E-state index contributed by atoms with van der Waals surface area (Å²) < 4.78 is 9.65. The van der Waals surface area contributed by atoms with E-state index in [1.54, 1.807) is 13.3 Å². The Kier molecular flexibility index (Phi) is 5.21. The highest BCUT2D eigenvalue weighted by Gasteiger charge is 2.14. The van der Waals surface area contributed by atoms with E-state index in [4.69, 9.17) is 4.74 Å². The molecule has 0 radical (unpaired) electrons. The monoisotopic (exact) mass is 244 g/mol. The highest BCUT2D eigenvalue weighted by molar-refractivity contribution is 7.17. The van der Waals surface area contributed by atoms with Crippen LogP contribution in [-0.2, 0) is 9.47 Å². The van der Waals surface area contributed by atoms with Crippen molar-refractivity contribution in [1.82, 2.24) is 4.98 Å². The number of likely N-dealkylation sites (N-methyl/N-ethyl adjacent to an activating group) is 1. The van der Waals surface area contributed by atoms with Crippen LogP contribution in [0.2, 0.25) is 0 Å². The smallest absolute Gasteiger partial charge is 0.349 e. The molecule has 0 aliphatic carbocycles. The molecule has 0 fully saturated rings. The summed E-state index contributed by atoms with van der Waals surface area (Å²) in [5, 5.41) is 0.819. The molecular formula is C10H16N2O3S. The normalized spacial score (nSPS) is 10.2. The van der Waals surface area contributed by atoms with Crippen LogP contribution in [0.1, 0.15) is 16.6 Å². The van der Waals surface area contributed by atoms with E-state index in [9.17, 15) is 4.79 Å². The van der Waals surface area contributed by atoms with Gasteiger partial charge in [0.25, 0.3) is 0 Å². The highest BCUT2D eigenvalue weighted by atomic mass is 32.1. The molecule has 0 amide bonds. The molecule has 0 saturated heterocycles. The first-order chi connectivity index (χ1) is 7.72. The minimum Gasteiger partial charge on any atom is -0.465 e. The van der Waals surface area contributed by atoms with Gasteiger partial charge in [0.15, 0.2) is 5.13 Å². The summed E-state index contributed by atoms with van der Waals surface area (Å²) in [6.07, 6.45) is 1.54. The Morgan fingerprint density at radius 1 is 1.56 bits per heavy atom. The van der Waals surface area contributed by atoms with Crippen molar-refractivity contribution in [2.75, 3.05) is 38.8 Å². The van der Waals surface area contributed by atoms with Crippen molar-refractivity contribution in [2.45, 2.75) is 6.92 Å². The minimum absolute atomic E-state index is 0.341. The van der Waals surface area contributed by atoms with Gasteiger partial charge in [-0.25, -0.2) is 9.78 Å². The average Bonchev–Trinajstić information content (AvgIpc) is 2.78. The van der Waals surface area contributed by atoms with Crippen molar-refractivity contribution >= 4 is 22.4 Å². The molecule has 1 aromatic heterocycles. The van der Waals surface area contributed by atoms with Gasteiger partial charge in [0.05, 0.1) is 19.9 Å². The molecule has 90 valence electrons. The fourth-order valence-electron chi connectivity index (χ4n) is 1.20. The van der Waals surface area contributed by atoms with Crippen molar-refractivity contribution in [1.29, 1.82) is 0 Å². The molecule has 1 aromatic rings. The van der Waals surface area contributed by atoms with Gasteiger partial charge in [0, 0.05) is 20.2 Å². The molecule has 1 heterocycles. The van der Waals surface area contributed by atoms with Gasteiger partial charge in [-0.2, -0.15) is 0 Å². The number of thiazole rings is 1. The number of aromatic nitrogens is 1. The topological polar surface area (TPSA) is 51.7 Å². The third-order valence-electron chi connectivity index (χ3n) is 2.10. The number of carbonyl (C=O) groups is 1. The highest BCUT2D eigenvalue weighted by Crippen LogP contribution is 2.22. The predicted octanol–water partition coefficient (Wildman–Crippen LogP) is 1.40. The zero-order chi connectivity index (χ0) is 12.0. The molecule has 0 aromatic carbocycles. The number of nitrogens with zero attached hydrogens (tertiary/aromatic N) is 2. The van der Waals surface area contributed by atoms with E-state index in [2.05, 4.69) is 14.6 Å². The lowest BCUT2D eigenvalue weighted by Gasteiger charge is -2.18. The molecule has 0 spiro atoms. The van der Waals surface area contributed by atoms with E-state index in [0.717, 1.165) is 18.2 Å². The van der Waals surface area contributed by atoms with Gasteiger partial charge in [-0.05, 0) is 6.92 Å². The van der Waals surface area contributed by atoms with Crippen molar-refractivity contribution < 1.29 is 14.3 Å². The standard InChI is InChI=1S/C10H16N2O3S/c1-4-12(5-6-14-2)10-11-7-8(16-10)9(13)15-3/h7H,4-6H2,1-3H3. The average molecular weight is 244 g/mol. The molecule has 1 rings (SSSR count). The quantitative estimate of drug-likeness (QED) is 0.708. The van der Waals surface area contributed by atoms with Gasteiger partial charge >= 0.3 is 5.97 Å². The van der Waals surface area contributed by atoms with Crippen molar-refractivity contribution in [3.63, 3.8) is 0 Å². The molecule has 16 heavy (non-hydrogen) atoms. The Bertz CT molecular complexity index is 341. The van der Waals surface area contributed by atoms with Crippen LogP contribution in [0.25, 0.3) is 0 Å². The summed E-state index contributed by atoms with van der Waals surface area (Å²) >= 11 is 1.33. The van der Waals surface area contributed by atoms with Crippen molar-refractivity contribution in [2.24, 2.45) is 0 Å². The molecule has 0 N–H and O–H groups in total. The number of hydrogen-bond acceptors (Lipinski definition) is 6. The lowest BCUT2D eigenvalue weighted by molar-refractivity contribution is 0.0606. The largest absolute Gasteiger partial charge is 0.465 e. The second kappa shape index (κ2) is 6.44. The Balaban J connectivity index is 2.70. The third kappa shape index (κ3) is 3.18. The third-order valence-corrected chi connectivity index (χ3v) is 3.14. The molecule has 0 bridgehead atoms. The first-order valence-electron chi connectivity index (χ1n) is 5.01. The lowest BCUT2D eigenvalue weighted by Crippen LogP contribution is -2.26. The number of methoxy groups -OCH3 is 2. The summed E-state index contributed by atoms with van der Waals surface area (Å²) in [6.45, 7) is 4.27. The van der Waals surface area contributed by atoms with Crippen LogP contribution in [0.4, 0.5) is 5.13 Å². The first kappa shape index (κ1) is 12.9. The fourth-order valence-corrected chi connectivity index (χ4v) is 2.12. The predicted molar refractivity (Wildman–Crippen MR) is 63.2 cm³/mol. The maximum Gasteiger partial charge on any atom is 0.349 e. The fraction of sp³-hybridized carbons (Fsp3) is 0.600. The van der Waals surface area contributed by atoms with Crippen molar-refractivity contribution in [3.8, 4) is 0 Å². The van der Waals surface area contributed by atoms with Gasteiger partial charge in [0.2, 0.25) is 0 Å². The van der Waals surface area contributed by atoms with Crippen LogP contribution in [0.3, 0.4) is 0 Å². The van der Waals surface area contributed by atoms with Crippen LogP contribution >= 0.6 is 11.3 Å². The SMILES string of the molecule is CCN(CCOC)c1ncc(C(=O)OC)s1. The van der Waals surface area contributed by atoms with Crippen LogP contribution < -0.4 is 4.90 Å².